The predicted molar refractivity (Wildman–Crippen MR) is 91.2 cm³/mol. The molecule has 6 nitrogen and oxygen atoms in total. The molecule has 2 N–H and O–H groups in total. The standard InChI is InChI=1S/C18H16FN5O/c19-15-3-1-13(2-4-15)12-23-18-21-10-7-16(24-18)17(25)22-11-14-5-8-20-9-6-14/h1-10H,11-12H2,(H,22,25)(H,21,23,24). The van der Waals surface area contributed by atoms with Crippen LogP contribution in [0.3, 0.4) is 0 Å². The third kappa shape index (κ3) is 4.81. The highest BCUT2D eigenvalue weighted by Crippen LogP contribution is 2.07. The molecular formula is C18H16FN5O. The summed E-state index contributed by atoms with van der Waals surface area (Å²) < 4.78 is 12.9. The molecular weight excluding hydrogens is 321 g/mol. The molecule has 126 valence electrons. The first-order chi connectivity index (χ1) is 12.2. The Kier molecular flexibility index (Phi) is 5.26. The number of halogens is 1. The molecule has 0 fully saturated rings. The summed E-state index contributed by atoms with van der Waals surface area (Å²) in [5.41, 5.74) is 2.11. The van der Waals surface area contributed by atoms with E-state index in [1.54, 1.807) is 30.6 Å². The molecule has 2 aromatic heterocycles. The van der Waals surface area contributed by atoms with Gasteiger partial charge in [0.2, 0.25) is 5.95 Å². The zero-order chi connectivity index (χ0) is 17.5. The molecule has 3 rings (SSSR count). The van der Waals surface area contributed by atoms with Crippen LogP contribution in [0.25, 0.3) is 0 Å². The first-order valence-electron chi connectivity index (χ1n) is 7.69. The Bertz CT molecular complexity index is 840. The monoisotopic (exact) mass is 337 g/mol. The average molecular weight is 337 g/mol. The molecule has 25 heavy (non-hydrogen) atoms. The summed E-state index contributed by atoms with van der Waals surface area (Å²) in [4.78, 5) is 24.4. The van der Waals surface area contributed by atoms with Crippen LogP contribution in [0.15, 0.2) is 61.1 Å². The van der Waals surface area contributed by atoms with Crippen LogP contribution in [0.1, 0.15) is 21.6 Å². The number of pyridine rings is 1. The lowest BCUT2D eigenvalue weighted by Gasteiger charge is -2.07. The Morgan fingerprint density at radius 3 is 2.40 bits per heavy atom. The number of aromatic nitrogens is 3. The molecule has 0 saturated carbocycles. The van der Waals surface area contributed by atoms with E-state index in [0.717, 1.165) is 11.1 Å². The van der Waals surface area contributed by atoms with Crippen LogP contribution in [0.4, 0.5) is 10.3 Å². The second-order valence-corrected chi connectivity index (χ2v) is 5.28. The van der Waals surface area contributed by atoms with Gasteiger partial charge < -0.3 is 10.6 Å². The van der Waals surface area contributed by atoms with Gasteiger partial charge in [0.25, 0.3) is 5.91 Å². The van der Waals surface area contributed by atoms with Gasteiger partial charge in [-0.1, -0.05) is 12.1 Å². The second-order valence-electron chi connectivity index (χ2n) is 5.28. The third-order valence-electron chi connectivity index (χ3n) is 3.45. The van der Waals surface area contributed by atoms with E-state index in [9.17, 15) is 9.18 Å². The fourth-order valence-electron chi connectivity index (χ4n) is 2.13. The summed E-state index contributed by atoms with van der Waals surface area (Å²) in [6.45, 7) is 0.825. The van der Waals surface area contributed by atoms with E-state index >= 15 is 0 Å². The SMILES string of the molecule is O=C(NCc1ccncc1)c1ccnc(NCc2ccc(F)cc2)n1. The normalized spacial score (nSPS) is 10.3. The summed E-state index contributed by atoms with van der Waals surface area (Å²) in [7, 11) is 0. The van der Waals surface area contributed by atoms with Crippen molar-refractivity contribution in [3.05, 3.63) is 83.7 Å². The smallest absolute Gasteiger partial charge is 0.270 e. The Balaban J connectivity index is 1.58. The molecule has 0 unspecified atom stereocenters. The number of carbonyl (C=O) groups excluding carboxylic acids is 1. The number of rotatable bonds is 6. The highest BCUT2D eigenvalue weighted by Gasteiger charge is 2.08. The highest BCUT2D eigenvalue weighted by atomic mass is 19.1. The fraction of sp³-hybridized carbons (Fsp3) is 0.111. The zero-order valence-corrected chi connectivity index (χ0v) is 13.3. The first-order valence-corrected chi connectivity index (χ1v) is 7.69. The van der Waals surface area contributed by atoms with Crippen molar-refractivity contribution in [3.8, 4) is 0 Å². The third-order valence-corrected chi connectivity index (χ3v) is 3.45. The Labute approximate surface area is 144 Å². The van der Waals surface area contributed by atoms with Gasteiger partial charge in [-0.2, -0.15) is 0 Å². The minimum Gasteiger partial charge on any atom is -0.350 e. The van der Waals surface area contributed by atoms with Crippen molar-refractivity contribution >= 4 is 11.9 Å². The van der Waals surface area contributed by atoms with Crippen molar-refractivity contribution < 1.29 is 9.18 Å². The molecule has 3 aromatic rings. The number of amides is 1. The zero-order valence-electron chi connectivity index (χ0n) is 13.3. The molecule has 7 heteroatoms. The van der Waals surface area contributed by atoms with Gasteiger partial charge >= 0.3 is 0 Å². The lowest BCUT2D eigenvalue weighted by molar-refractivity contribution is 0.0946. The van der Waals surface area contributed by atoms with Gasteiger partial charge in [0.05, 0.1) is 0 Å². The van der Waals surface area contributed by atoms with Crippen LogP contribution in [0.5, 0.6) is 0 Å². The van der Waals surface area contributed by atoms with Crippen molar-refractivity contribution in [1.82, 2.24) is 20.3 Å². The molecule has 0 radical (unpaired) electrons. The van der Waals surface area contributed by atoms with E-state index in [1.807, 2.05) is 12.1 Å². The molecule has 0 spiro atoms. The number of benzene rings is 1. The van der Waals surface area contributed by atoms with Crippen molar-refractivity contribution in [1.29, 1.82) is 0 Å². The molecule has 0 aliphatic heterocycles. The van der Waals surface area contributed by atoms with Gasteiger partial charge in [-0.15, -0.1) is 0 Å². The Hall–Kier alpha value is -3.35. The van der Waals surface area contributed by atoms with Gasteiger partial charge in [-0.25, -0.2) is 14.4 Å². The molecule has 0 bridgehead atoms. The molecule has 0 saturated heterocycles. The molecule has 1 amide bonds. The van der Waals surface area contributed by atoms with E-state index in [1.165, 1.54) is 18.3 Å². The summed E-state index contributed by atoms with van der Waals surface area (Å²) in [6, 6.07) is 11.3. The Morgan fingerprint density at radius 1 is 0.920 bits per heavy atom. The van der Waals surface area contributed by atoms with Crippen LogP contribution in [0, 0.1) is 5.82 Å². The van der Waals surface area contributed by atoms with E-state index in [-0.39, 0.29) is 17.4 Å². The number of anilines is 1. The molecule has 0 aliphatic carbocycles. The molecule has 0 aliphatic rings. The highest BCUT2D eigenvalue weighted by molar-refractivity contribution is 5.92. The van der Waals surface area contributed by atoms with Gasteiger partial charge in [0.15, 0.2) is 0 Å². The topological polar surface area (TPSA) is 79.8 Å². The van der Waals surface area contributed by atoms with Crippen molar-refractivity contribution in [2.75, 3.05) is 5.32 Å². The van der Waals surface area contributed by atoms with E-state index < -0.39 is 0 Å². The first kappa shape index (κ1) is 16.5. The van der Waals surface area contributed by atoms with Gasteiger partial charge in [0.1, 0.15) is 11.5 Å². The maximum atomic E-state index is 12.9. The summed E-state index contributed by atoms with van der Waals surface area (Å²) in [6.07, 6.45) is 4.86. The molecule has 1 aromatic carbocycles. The minimum atomic E-state index is -0.288. The molecule has 0 atom stereocenters. The maximum absolute atomic E-state index is 12.9. The van der Waals surface area contributed by atoms with Gasteiger partial charge in [-0.3, -0.25) is 9.78 Å². The van der Waals surface area contributed by atoms with E-state index in [2.05, 4.69) is 25.6 Å². The second kappa shape index (κ2) is 7.96. The lowest BCUT2D eigenvalue weighted by Crippen LogP contribution is -2.24. The van der Waals surface area contributed by atoms with Gasteiger partial charge in [-0.05, 0) is 41.5 Å². The quantitative estimate of drug-likeness (QED) is 0.723. The number of nitrogens with zero attached hydrogens (tertiary/aromatic N) is 3. The van der Waals surface area contributed by atoms with Crippen LogP contribution >= 0.6 is 0 Å². The van der Waals surface area contributed by atoms with Crippen LogP contribution in [-0.2, 0) is 13.1 Å². The average Bonchev–Trinajstić information content (AvgIpc) is 2.67. The minimum absolute atomic E-state index is 0.269. The van der Waals surface area contributed by atoms with Crippen molar-refractivity contribution in [2.45, 2.75) is 13.1 Å². The number of hydrogen-bond donors (Lipinski definition) is 2. The van der Waals surface area contributed by atoms with Crippen molar-refractivity contribution in [2.24, 2.45) is 0 Å². The Morgan fingerprint density at radius 2 is 1.64 bits per heavy atom. The maximum Gasteiger partial charge on any atom is 0.270 e. The number of carbonyl (C=O) groups is 1. The number of nitrogens with one attached hydrogen (secondary N) is 2. The van der Waals surface area contributed by atoms with Crippen molar-refractivity contribution in [3.63, 3.8) is 0 Å². The summed E-state index contributed by atoms with van der Waals surface area (Å²) >= 11 is 0. The predicted octanol–water partition coefficient (Wildman–Crippen LogP) is 2.55. The van der Waals surface area contributed by atoms with E-state index in [4.69, 9.17) is 0 Å². The summed E-state index contributed by atoms with van der Waals surface area (Å²) in [5.74, 6) is -0.238. The van der Waals surface area contributed by atoms with Gasteiger partial charge in [0, 0.05) is 31.7 Å². The lowest BCUT2D eigenvalue weighted by atomic mass is 10.2. The van der Waals surface area contributed by atoms with E-state index in [0.29, 0.717) is 19.0 Å². The van der Waals surface area contributed by atoms with Crippen LogP contribution in [-0.4, -0.2) is 20.9 Å². The molecule has 2 heterocycles. The largest absolute Gasteiger partial charge is 0.350 e. The summed E-state index contributed by atoms with van der Waals surface area (Å²) in [5, 5.41) is 5.81. The fourth-order valence-corrected chi connectivity index (χ4v) is 2.13. The van der Waals surface area contributed by atoms with Crippen LogP contribution < -0.4 is 10.6 Å². The number of hydrogen-bond acceptors (Lipinski definition) is 5. The van der Waals surface area contributed by atoms with Crippen LogP contribution in [0.2, 0.25) is 0 Å².